The molecule has 1 amide bonds. The number of benzene rings is 3. The molecule has 1 N–H and O–H groups in total. The smallest absolute Gasteiger partial charge is 0.271 e. The molecule has 0 saturated heterocycles. The van der Waals surface area contributed by atoms with E-state index in [4.69, 9.17) is 21.1 Å². The molecule has 184 valence electrons. The number of rotatable bonds is 8. The van der Waals surface area contributed by atoms with E-state index in [1.165, 1.54) is 0 Å². The normalized spacial score (nSPS) is 11.0. The minimum Gasteiger partial charge on any atom is -0.493 e. The molecule has 4 rings (SSSR count). The second-order valence-electron chi connectivity index (χ2n) is 8.14. The zero-order chi connectivity index (χ0) is 25.7. The van der Waals surface area contributed by atoms with Crippen LogP contribution in [0.15, 0.2) is 82.4 Å². The molecule has 0 aliphatic rings. The zero-order valence-electron chi connectivity index (χ0n) is 20.1. The molecule has 4 aromatic rings. The fraction of sp³-hybridized carbons (Fsp3) is 0.143. The number of aryl methyl sites for hydroxylation is 2. The molecule has 0 atom stereocenters. The van der Waals surface area contributed by atoms with Gasteiger partial charge in [0, 0.05) is 37.7 Å². The highest BCUT2D eigenvalue weighted by molar-refractivity contribution is 9.10. The lowest BCUT2D eigenvalue weighted by Gasteiger charge is -2.13. The van der Waals surface area contributed by atoms with Gasteiger partial charge in [-0.2, -0.15) is 5.10 Å². The third kappa shape index (κ3) is 5.98. The first-order chi connectivity index (χ1) is 17.4. The van der Waals surface area contributed by atoms with Crippen LogP contribution >= 0.6 is 27.5 Å². The molecule has 1 aromatic heterocycles. The van der Waals surface area contributed by atoms with Crippen molar-refractivity contribution in [1.82, 2.24) is 9.99 Å². The van der Waals surface area contributed by atoms with Crippen molar-refractivity contribution in [2.24, 2.45) is 5.10 Å². The second kappa shape index (κ2) is 11.5. The van der Waals surface area contributed by atoms with Crippen molar-refractivity contribution >= 4 is 39.7 Å². The van der Waals surface area contributed by atoms with Crippen molar-refractivity contribution in [3.05, 3.63) is 110 Å². The van der Waals surface area contributed by atoms with E-state index in [9.17, 15) is 4.79 Å². The number of nitrogens with zero attached hydrogens (tertiary/aromatic N) is 2. The summed E-state index contributed by atoms with van der Waals surface area (Å²) < 4.78 is 14.3. The maximum absolute atomic E-state index is 12.6. The fourth-order valence-electron chi connectivity index (χ4n) is 3.73. The molecule has 0 spiro atoms. The van der Waals surface area contributed by atoms with Gasteiger partial charge < -0.3 is 14.0 Å². The lowest BCUT2D eigenvalue weighted by atomic mass is 10.2. The molecule has 8 heteroatoms. The Hall–Kier alpha value is -3.55. The highest BCUT2D eigenvalue weighted by Crippen LogP contribution is 2.33. The molecule has 36 heavy (non-hydrogen) atoms. The minimum atomic E-state index is -0.301. The molecular formula is C28H25BrClN3O3. The predicted molar refractivity (Wildman–Crippen MR) is 147 cm³/mol. The highest BCUT2D eigenvalue weighted by atomic mass is 79.9. The van der Waals surface area contributed by atoms with Crippen LogP contribution in [-0.2, 0) is 6.61 Å². The quantitative estimate of drug-likeness (QED) is 0.187. The maximum Gasteiger partial charge on any atom is 0.271 e. The lowest BCUT2D eigenvalue weighted by molar-refractivity contribution is 0.0955. The first kappa shape index (κ1) is 25.5. The van der Waals surface area contributed by atoms with Gasteiger partial charge in [0.05, 0.1) is 13.3 Å². The van der Waals surface area contributed by atoms with Gasteiger partial charge in [-0.15, -0.1) is 0 Å². The second-order valence-corrected chi connectivity index (χ2v) is 9.43. The molecule has 0 bridgehead atoms. The summed E-state index contributed by atoms with van der Waals surface area (Å²) in [6.07, 6.45) is 1.55. The fourth-order valence-corrected chi connectivity index (χ4v) is 4.28. The van der Waals surface area contributed by atoms with Gasteiger partial charge in [-0.3, -0.25) is 4.79 Å². The Bertz CT molecular complexity index is 1380. The van der Waals surface area contributed by atoms with Gasteiger partial charge in [0.1, 0.15) is 6.61 Å². The first-order valence-corrected chi connectivity index (χ1v) is 12.4. The molecule has 0 unspecified atom stereocenters. The summed E-state index contributed by atoms with van der Waals surface area (Å²) >= 11 is 9.48. The summed E-state index contributed by atoms with van der Waals surface area (Å²) in [6.45, 7) is 4.47. The Labute approximate surface area is 223 Å². The van der Waals surface area contributed by atoms with Crippen LogP contribution in [0.25, 0.3) is 5.69 Å². The molecule has 0 aliphatic carbocycles. The van der Waals surface area contributed by atoms with E-state index in [0.29, 0.717) is 28.7 Å². The Morgan fingerprint density at radius 2 is 1.67 bits per heavy atom. The van der Waals surface area contributed by atoms with E-state index in [1.807, 2.05) is 56.3 Å². The van der Waals surface area contributed by atoms with Crippen molar-refractivity contribution in [2.75, 3.05) is 7.11 Å². The van der Waals surface area contributed by atoms with Crippen LogP contribution < -0.4 is 14.9 Å². The summed E-state index contributed by atoms with van der Waals surface area (Å²) in [7, 11) is 1.57. The monoisotopic (exact) mass is 565 g/mol. The molecule has 0 aliphatic heterocycles. The van der Waals surface area contributed by atoms with Crippen LogP contribution in [0.2, 0.25) is 5.02 Å². The van der Waals surface area contributed by atoms with Gasteiger partial charge in [-0.1, -0.05) is 23.7 Å². The van der Waals surface area contributed by atoms with Crippen LogP contribution in [-0.4, -0.2) is 23.8 Å². The van der Waals surface area contributed by atoms with Crippen LogP contribution in [0, 0.1) is 13.8 Å². The standard InChI is InChI=1S/C28H25BrClN3O3/c1-18-4-5-19(2)33(18)24-12-8-21(9-13-24)28(34)32-31-16-22-14-26(35-3)27(15-25(22)29)36-17-20-6-10-23(30)11-7-20/h4-16H,17H2,1-3H3,(H,32,34)/b31-16+. The summed E-state index contributed by atoms with van der Waals surface area (Å²) in [6, 6.07) is 22.6. The van der Waals surface area contributed by atoms with Gasteiger partial charge in [0.2, 0.25) is 0 Å². The number of hydrogen-bond donors (Lipinski definition) is 1. The van der Waals surface area contributed by atoms with Crippen molar-refractivity contribution in [3.8, 4) is 17.2 Å². The van der Waals surface area contributed by atoms with Gasteiger partial charge >= 0.3 is 0 Å². The first-order valence-electron chi connectivity index (χ1n) is 11.2. The molecule has 1 heterocycles. The number of aromatic nitrogens is 1. The Kier molecular flexibility index (Phi) is 8.13. The maximum atomic E-state index is 12.6. The molecule has 0 radical (unpaired) electrons. The SMILES string of the molecule is COc1cc(/C=N/NC(=O)c2ccc(-n3c(C)ccc3C)cc2)c(Br)cc1OCc1ccc(Cl)cc1. The topological polar surface area (TPSA) is 64.8 Å². The molecular weight excluding hydrogens is 542 g/mol. The Balaban J connectivity index is 1.41. The van der Waals surface area contributed by atoms with Crippen LogP contribution in [0.4, 0.5) is 0 Å². The summed E-state index contributed by atoms with van der Waals surface area (Å²) in [5, 5.41) is 4.79. The largest absolute Gasteiger partial charge is 0.493 e. The number of ether oxygens (including phenoxy) is 2. The van der Waals surface area contributed by atoms with Crippen molar-refractivity contribution in [1.29, 1.82) is 0 Å². The van der Waals surface area contributed by atoms with Crippen LogP contribution in [0.3, 0.4) is 0 Å². The molecule has 0 fully saturated rings. The summed E-state index contributed by atoms with van der Waals surface area (Å²) in [5.74, 6) is 0.824. The third-order valence-corrected chi connectivity index (χ3v) is 6.56. The number of halogens is 2. The van der Waals surface area contributed by atoms with Crippen LogP contribution in [0.5, 0.6) is 11.5 Å². The van der Waals surface area contributed by atoms with Crippen LogP contribution in [0.1, 0.15) is 32.9 Å². The number of hydrazone groups is 1. The average molecular weight is 567 g/mol. The molecule has 0 saturated carbocycles. The predicted octanol–water partition coefficient (Wildman–Crippen LogP) is 6.86. The van der Waals surface area contributed by atoms with Crippen molar-refractivity contribution in [3.63, 3.8) is 0 Å². The van der Waals surface area contributed by atoms with Gasteiger partial charge in [0.25, 0.3) is 5.91 Å². The van der Waals surface area contributed by atoms with E-state index in [2.05, 4.69) is 43.2 Å². The zero-order valence-corrected chi connectivity index (χ0v) is 22.4. The Morgan fingerprint density at radius 3 is 2.31 bits per heavy atom. The number of hydrogen-bond acceptors (Lipinski definition) is 4. The molecule has 3 aromatic carbocycles. The number of nitrogens with one attached hydrogen (secondary N) is 1. The lowest BCUT2D eigenvalue weighted by Crippen LogP contribution is -2.17. The van der Waals surface area contributed by atoms with E-state index in [-0.39, 0.29) is 5.91 Å². The number of carbonyl (C=O) groups excluding carboxylic acids is 1. The number of amides is 1. The van der Waals surface area contributed by atoms with Crippen molar-refractivity contribution < 1.29 is 14.3 Å². The van der Waals surface area contributed by atoms with E-state index < -0.39 is 0 Å². The Morgan fingerprint density at radius 1 is 1.00 bits per heavy atom. The molecule has 6 nitrogen and oxygen atoms in total. The number of methoxy groups -OCH3 is 1. The average Bonchev–Trinajstić information content (AvgIpc) is 3.22. The minimum absolute atomic E-state index is 0.301. The summed E-state index contributed by atoms with van der Waals surface area (Å²) in [4.78, 5) is 12.6. The van der Waals surface area contributed by atoms with E-state index >= 15 is 0 Å². The highest BCUT2D eigenvalue weighted by Gasteiger charge is 2.11. The van der Waals surface area contributed by atoms with E-state index in [1.54, 1.807) is 31.5 Å². The van der Waals surface area contributed by atoms with Gasteiger partial charge in [-0.05, 0) is 96.0 Å². The third-order valence-electron chi connectivity index (χ3n) is 5.62. The van der Waals surface area contributed by atoms with Crippen molar-refractivity contribution in [2.45, 2.75) is 20.5 Å². The van der Waals surface area contributed by atoms with Gasteiger partial charge in [-0.25, -0.2) is 5.43 Å². The van der Waals surface area contributed by atoms with Gasteiger partial charge in [0.15, 0.2) is 11.5 Å². The van der Waals surface area contributed by atoms with E-state index in [0.717, 1.165) is 32.7 Å². The summed E-state index contributed by atoms with van der Waals surface area (Å²) in [5.41, 5.74) is 8.07. The number of carbonyl (C=O) groups is 1.